The van der Waals surface area contributed by atoms with Crippen LogP contribution in [-0.2, 0) is 0 Å². The van der Waals surface area contributed by atoms with Gasteiger partial charge in [-0.05, 0) is 37.5 Å². The molecule has 0 saturated heterocycles. The Morgan fingerprint density at radius 3 is 2.25 bits per heavy atom. The van der Waals surface area contributed by atoms with Crippen molar-refractivity contribution >= 4 is 0 Å². The minimum atomic E-state index is 0.595. The lowest BCUT2D eigenvalue weighted by molar-refractivity contribution is 0.553. The second kappa shape index (κ2) is 3.08. The van der Waals surface area contributed by atoms with Crippen LogP contribution in [0.15, 0.2) is 24.3 Å². The third-order valence-corrected chi connectivity index (χ3v) is 2.80. The van der Waals surface area contributed by atoms with Crippen molar-refractivity contribution in [3.05, 3.63) is 24.3 Å². The van der Waals surface area contributed by atoms with E-state index in [0.29, 0.717) is 5.41 Å². The Bertz CT molecular complexity index is 208. The van der Waals surface area contributed by atoms with E-state index in [9.17, 15) is 0 Å². The Labute approximate surface area is 76.4 Å². The molecule has 1 saturated carbocycles. The fraction of sp³-hybridized carbons (Fsp3) is 0.667. The lowest BCUT2D eigenvalue weighted by atomic mass is 10.00. The molecule has 0 radical (unpaired) electrons. The molecule has 0 heteroatoms. The van der Waals surface area contributed by atoms with Gasteiger partial charge in [-0.25, -0.2) is 0 Å². The first-order valence-electron chi connectivity index (χ1n) is 4.73. The maximum Gasteiger partial charge on any atom is -0.0117 e. The molecular formula is C12H20. The van der Waals surface area contributed by atoms with Crippen molar-refractivity contribution in [2.75, 3.05) is 0 Å². The monoisotopic (exact) mass is 164 g/mol. The molecule has 0 bridgehead atoms. The highest BCUT2D eigenvalue weighted by molar-refractivity contribution is 5.11. The molecule has 68 valence electrons. The maximum absolute atomic E-state index is 4.08. The van der Waals surface area contributed by atoms with Crippen molar-refractivity contribution in [2.24, 2.45) is 11.3 Å². The van der Waals surface area contributed by atoms with Crippen LogP contribution in [0.25, 0.3) is 0 Å². The summed E-state index contributed by atoms with van der Waals surface area (Å²) in [5.41, 5.74) is 3.19. The predicted octanol–water partition coefficient (Wildman–Crippen LogP) is 3.95. The fourth-order valence-corrected chi connectivity index (χ4v) is 1.77. The second-order valence-electron chi connectivity index (χ2n) is 4.98. The third-order valence-electron chi connectivity index (χ3n) is 2.80. The number of hydrogen-bond acceptors (Lipinski definition) is 0. The molecule has 0 aromatic carbocycles. The highest BCUT2D eigenvalue weighted by atomic mass is 14.5. The molecule has 0 spiro atoms. The van der Waals surface area contributed by atoms with Crippen LogP contribution in [-0.4, -0.2) is 0 Å². The van der Waals surface area contributed by atoms with Gasteiger partial charge in [-0.1, -0.05) is 38.2 Å². The minimum absolute atomic E-state index is 0.595. The zero-order chi connectivity index (χ0) is 9.35. The molecule has 0 heterocycles. The normalized spacial score (nSPS) is 25.1. The van der Waals surface area contributed by atoms with Crippen LogP contribution in [0, 0.1) is 11.3 Å². The summed E-state index contributed by atoms with van der Waals surface area (Å²) in [6.45, 7) is 14.7. The van der Waals surface area contributed by atoms with Crippen molar-refractivity contribution in [2.45, 2.75) is 40.0 Å². The van der Waals surface area contributed by atoms with Gasteiger partial charge < -0.3 is 0 Å². The summed E-state index contributed by atoms with van der Waals surface area (Å²) >= 11 is 0. The number of hydrogen-bond donors (Lipinski definition) is 0. The topological polar surface area (TPSA) is 0 Å². The maximum atomic E-state index is 4.08. The molecule has 12 heavy (non-hydrogen) atoms. The Morgan fingerprint density at radius 1 is 1.42 bits per heavy atom. The van der Waals surface area contributed by atoms with Gasteiger partial charge in [-0.3, -0.25) is 0 Å². The molecule has 0 aromatic heterocycles. The highest BCUT2D eigenvalue weighted by Crippen LogP contribution is 2.54. The number of allylic oxidation sites excluding steroid dienone is 2. The van der Waals surface area contributed by atoms with Crippen molar-refractivity contribution in [3.63, 3.8) is 0 Å². The zero-order valence-corrected chi connectivity index (χ0v) is 8.61. The summed E-state index contributed by atoms with van der Waals surface area (Å²) in [5.74, 6) is 0.893. The fourth-order valence-electron chi connectivity index (χ4n) is 1.77. The Balaban J connectivity index is 2.25. The SMILES string of the molecule is C=C(C)CC(=C)CC1CC1(C)C. The van der Waals surface area contributed by atoms with Gasteiger partial charge in [0, 0.05) is 0 Å². The lowest BCUT2D eigenvalue weighted by Crippen LogP contribution is -1.92. The largest absolute Gasteiger partial charge is 0.0998 e. The van der Waals surface area contributed by atoms with E-state index in [0.717, 1.165) is 12.3 Å². The lowest BCUT2D eigenvalue weighted by Gasteiger charge is -2.06. The van der Waals surface area contributed by atoms with E-state index in [4.69, 9.17) is 0 Å². The summed E-state index contributed by atoms with van der Waals surface area (Å²) in [4.78, 5) is 0. The molecular weight excluding hydrogens is 144 g/mol. The Hall–Kier alpha value is -0.520. The molecule has 1 unspecified atom stereocenters. The molecule has 1 rings (SSSR count). The van der Waals surface area contributed by atoms with Crippen LogP contribution in [0.4, 0.5) is 0 Å². The molecule has 0 nitrogen and oxygen atoms in total. The minimum Gasteiger partial charge on any atom is -0.0998 e. The van der Waals surface area contributed by atoms with Gasteiger partial charge in [-0.15, -0.1) is 0 Å². The summed E-state index contributed by atoms with van der Waals surface area (Å²) in [6.07, 6.45) is 3.61. The van der Waals surface area contributed by atoms with Gasteiger partial charge in [0.05, 0.1) is 0 Å². The van der Waals surface area contributed by atoms with Gasteiger partial charge in [0.25, 0.3) is 0 Å². The van der Waals surface area contributed by atoms with Crippen molar-refractivity contribution in [3.8, 4) is 0 Å². The van der Waals surface area contributed by atoms with E-state index in [2.05, 4.69) is 33.9 Å². The quantitative estimate of drug-likeness (QED) is 0.552. The summed E-state index contributed by atoms with van der Waals surface area (Å²) in [6, 6.07) is 0. The average molecular weight is 164 g/mol. The van der Waals surface area contributed by atoms with E-state index in [-0.39, 0.29) is 0 Å². The van der Waals surface area contributed by atoms with Gasteiger partial charge in [0.15, 0.2) is 0 Å². The predicted molar refractivity (Wildman–Crippen MR) is 55.1 cm³/mol. The highest BCUT2D eigenvalue weighted by Gasteiger charge is 2.44. The molecule has 1 fully saturated rings. The zero-order valence-electron chi connectivity index (χ0n) is 8.61. The molecule has 0 aliphatic heterocycles. The molecule has 1 aliphatic rings. The Kier molecular flexibility index (Phi) is 2.46. The molecule has 0 amide bonds. The second-order valence-corrected chi connectivity index (χ2v) is 4.98. The molecule has 1 aliphatic carbocycles. The van der Waals surface area contributed by atoms with Gasteiger partial charge in [0.1, 0.15) is 0 Å². The van der Waals surface area contributed by atoms with Crippen molar-refractivity contribution in [1.82, 2.24) is 0 Å². The van der Waals surface area contributed by atoms with Crippen LogP contribution in [0.5, 0.6) is 0 Å². The van der Waals surface area contributed by atoms with Crippen molar-refractivity contribution < 1.29 is 0 Å². The van der Waals surface area contributed by atoms with E-state index in [1.54, 1.807) is 0 Å². The standard InChI is InChI=1S/C12H20/c1-9(2)6-10(3)7-11-8-12(11,4)5/h11H,1,3,6-8H2,2,4-5H3. The molecule has 0 aromatic rings. The first-order chi connectivity index (χ1) is 5.42. The van der Waals surface area contributed by atoms with E-state index in [1.165, 1.54) is 24.0 Å². The third kappa shape index (κ3) is 2.51. The number of rotatable bonds is 4. The van der Waals surface area contributed by atoms with E-state index >= 15 is 0 Å². The van der Waals surface area contributed by atoms with Gasteiger partial charge >= 0.3 is 0 Å². The summed E-state index contributed by atoms with van der Waals surface area (Å²) < 4.78 is 0. The van der Waals surface area contributed by atoms with E-state index < -0.39 is 0 Å². The first kappa shape index (κ1) is 9.57. The average Bonchev–Trinajstić information content (AvgIpc) is 2.35. The molecule has 1 atom stereocenters. The van der Waals surface area contributed by atoms with Gasteiger partial charge in [-0.2, -0.15) is 0 Å². The van der Waals surface area contributed by atoms with Crippen LogP contribution in [0.2, 0.25) is 0 Å². The molecule has 0 N–H and O–H groups in total. The summed E-state index contributed by atoms with van der Waals surface area (Å²) in [5, 5.41) is 0. The van der Waals surface area contributed by atoms with Crippen LogP contribution in [0.3, 0.4) is 0 Å². The smallest absolute Gasteiger partial charge is 0.0117 e. The van der Waals surface area contributed by atoms with Gasteiger partial charge in [0.2, 0.25) is 0 Å². The Morgan fingerprint density at radius 2 is 1.92 bits per heavy atom. The first-order valence-corrected chi connectivity index (χ1v) is 4.73. The van der Waals surface area contributed by atoms with Crippen LogP contribution < -0.4 is 0 Å². The summed E-state index contributed by atoms with van der Waals surface area (Å²) in [7, 11) is 0. The van der Waals surface area contributed by atoms with E-state index in [1.807, 2.05) is 0 Å². The van der Waals surface area contributed by atoms with Crippen LogP contribution >= 0.6 is 0 Å². The van der Waals surface area contributed by atoms with Crippen LogP contribution in [0.1, 0.15) is 40.0 Å². The van der Waals surface area contributed by atoms with Crippen molar-refractivity contribution in [1.29, 1.82) is 0 Å².